The Labute approximate surface area is 227 Å². The van der Waals surface area contributed by atoms with E-state index in [4.69, 9.17) is 15.4 Å². The van der Waals surface area contributed by atoms with Crippen LogP contribution in [0.25, 0.3) is 11.2 Å². The summed E-state index contributed by atoms with van der Waals surface area (Å²) < 4.78 is 6.92. The molecule has 15 heteroatoms. The number of nitrogens with one attached hydrogen (secondary N) is 1. The lowest BCUT2D eigenvalue weighted by atomic mass is 10.1. The summed E-state index contributed by atoms with van der Waals surface area (Å²) in [5, 5.41) is 42.7. The molecule has 3 heterocycles. The van der Waals surface area contributed by atoms with Gasteiger partial charge in [0.1, 0.15) is 24.6 Å². The number of fused-ring (bicyclic) bond motifs is 1. The molecule has 0 spiro atoms. The Kier molecular flexibility index (Phi) is 14.8. The van der Waals surface area contributed by atoms with Gasteiger partial charge in [-0.3, -0.25) is 4.57 Å². The molecule has 0 bridgehead atoms. The van der Waals surface area contributed by atoms with Gasteiger partial charge in [0.05, 0.1) is 19.5 Å². The summed E-state index contributed by atoms with van der Waals surface area (Å²) in [4.78, 5) is 21.9. The smallest absolute Gasteiger partial charge is 0.183 e. The Morgan fingerprint density at radius 3 is 2.15 bits per heavy atom. The van der Waals surface area contributed by atoms with E-state index in [-0.39, 0.29) is 17.0 Å². The quantitative estimate of drug-likeness (QED) is 0.0800. The third-order valence-corrected chi connectivity index (χ3v) is 6.61. The van der Waals surface area contributed by atoms with Gasteiger partial charge in [0.25, 0.3) is 0 Å². The molecule has 0 radical (unpaired) electrons. The van der Waals surface area contributed by atoms with Crippen molar-refractivity contribution in [2.24, 2.45) is 5.73 Å². The number of anilines is 1. The molecule has 15 nitrogen and oxygen atoms in total. The summed E-state index contributed by atoms with van der Waals surface area (Å²) in [6.45, 7) is 0.710. The number of hydrogen-bond donors (Lipinski definition) is 5. The molecule has 3 rings (SSSR count). The van der Waals surface area contributed by atoms with Crippen LogP contribution < -0.4 is 11.2 Å². The van der Waals surface area contributed by atoms with Crippen molar-refractivity contribution < 1.29 is 45.0 Å². The van der Waals surface area contributed by atoms with Gasteiger partial charge < -0.3 is 25.8 Å². The largest absolute Gasteiger partial charge is 0.394 e. The van der Waals surface area contributed by atoms with Crippen LogP contribution in [0.15, 0.2) is 12.7 Å². The van der Waals surface area contributed by atoms with E-state index in [2.05, 4.69) is 40.5 Å². The Hall–Kier alpha value is -2.05. The summed E-state index contributed by atoms with van der Waals surface area (Å²) >= 11 is 0. The molecular weight excluding hydrogens is 516 g/mol. The molecule has 6 N–H and O–H groups in total. The lowest BCUT2D eigenvalue weighted by Gasteiger charge is -2.16. The maximum atomic E-state index is 10.3. The summed E-state index contributed by atoms with van der Waals surface area (Å²) in [5.41, 5.74) is 8.42. The van der Waals surface area contributed by atoms with Crippen LogP contribution in [0.2, 0.25) is 0 Å². The fourth-order valence-corrected chi connectivity index (χ4v) is 4.43. The van der Waals surface area contributed by atoms with E-state index >= 15 is 0 Å². The first-order valence-corrected chi connectivity index (χ1v) is 13.7. The molecule has 222 valence electrons. The van der Waals surface area contributed by atoms with Gasteiger partial charge in [0.15, 0.2) is 23.2 Å². The highest BCUT2D eigenvalue weighted by Crippen LogP contribution is 2.32. The molecule has 0 unspecified atom stereocenters. The maximum Gasteiger partial charge on any atom is 0.183 e. The number of aliphatic hydroxyl groups excluding tert-OH is 3. The van der Waals surface area contributed by atoms with Crippen LogP contribution >= 0.6 is 0 Å². The minimum absolute atomic E-state index is 0.123. The number of nitrogens with two attached hydrogens (primary N) is 1. The number of unbranched alkanes of at least 4 members (excludes halogenated alkanes) is 11. The van der Waals surface area contributed by atoms with Crippen molar-refractivity contribution in [3.8, 4) is 0 Å². The van der Waals surface area contributed by atoms with Crippen molar-refractivity contribution in [2.75, 3.05) is 25.2 Å². The molecule has 1 saturated heterocycles. The van der Waals surface area contributed by atoms with Gasteiger partial charge in [-0.2, -0.15) is 0 Å². The number of imidazole rings is 1. The SMILES string of the molecule is NCCCCCCCCCCCCCCOOOOONc1ncnc2c1ncn2[C@@H]1O[C@H](CO)[C@@H](O)[C@H]1O. The van der Waals surface area contributed by atoms with E-state index in [0.29, 0.717) is 6.61 Å². The van der Waals surface area contributed by atoms with Crippen LogP contribution in [-0.4, -0.2) is 72.9 Å². The van der Waals surface area contributed by atoms with Crippen molar-refractivity contribution in [1.82, 2.24) is 19.5 Å². The van der Waals surface area contributed by atoms with Gasteiger partial charge in [0, 0.05) is 0 Å². The predicted molar refractivity (Wildman–Crippen MR) is 137 cm³/mol. The average Bonchev–Trinajstić information content (AvgIpc) is 3.50. The lowest BCUT2D eigenvalue weighted by Crippen LogP contribution is -2.33. The highest BCUT2D eigenvalue weighted by Gasteiger charge is 2.44. The fraction of sp³-hybridized carbons (Fsp3) is 0.792. The minimum atomic E-state index is -1.28. The van der Waals surface area contributed by atoms with Crippen molar-refractivity contribution in [1.29, 1.82) is 0 Å². The van der Waals surface area contributed by atoms with Gasteiger partial charge >= 0.3 is 0 Å². The second-order valence-electron chi connectivity index (χ2n) is 9.52. The van der Waals surface area contributed by atoms with Crippen molar-refractivity contribution in [2.45, 2.75) is 102 Å². The van der Waals surface area contributed by atoms with E-state index in [1.54, 1.807) is 0 Å². The first kappa shape index (κ1) is 31.5. The summed E-state index contributed by atoms with van der Waals surface area (Å²) in [6.07, 6.45) is 12.6. The molecule has 2 aromatic heterocycles. The molecule has 1 fully saturated rings. The standard InChI is InChI=1S/C24H42N6O9/c25-13-11-9-7-5-3-1-2-4-6-8-10-12-14-34-37-39-38-36-29-22-19-23(27-16-26-22)30(17-28-19)24-21(33)20(32)18(15-31)35-24/h16-18,20-21,24,31-33H,1-15,25H2,(H,26,27,29)/t18-,20-,21-,24-/m1/s1. The second kappa shape index (κ2) is 18.3. The van der Waals surface area contributed by atoms with Crippen molar-refractivity contribution in [3.05, 3.63) is 12.7 Å². The molecular formula is C24H42N6O9. The van der Waals surface area contributed by atoms with Crippen LogP contribution in [0.5, 0.6) is 0 Å². The fourth-order valence-electron chi connectivity index (χ4n) is 4.43. The molecule has 4 atom stereocenters. The molecule has 0 aliphatic carbocycles. The zero-order valence-corrected chi connectivity index (χ0v) is 22.2. The maximum absolute atomic E-state index is 10.3. The molecule has 1 aliphatic rings. The second-order valence-corrected chi connectivity index (χ2v) is 9.52. The summed E-state index contributed by atoms with van der Waals surface area (Å²) in [6, 6.07) is 0. The molecule has 1 aliphatic heterocycles. The number of rotatable bonds is 22. The monoisotopic (exact) mass is 558 g/mol. The molecule has 2 aromatic rings. The number of nitrogens with zero attached hydrogens (tertiary/aromatic N) is 4. The van der Waals surface area contributed by atoms with Gasteiger partial charge in [-0.15, -0.1) is 0 Å². The van der Waals surface area contributed by atoms with Gasteiger partial charge in [-0.05, 0) is 34.5 Å². The van der Waals surface area contributed by atoms with E-state index in [0.717, 1.165) is 32.2 Å². The molecule has 0 saturated carbocycles. The first-order valence-electron chi connectivity index (χ1n) is 13.7. The topological polar surface area (TPSA) is 198 Å². The molecule has 0 aromatic carbocycles. The average molecular weight is 559 g/mol. The van der Waals surface area contributed by atoms with Crippen LogP contribution in [0, 0.1) is 0 Å². The molecule has 39 heavy (non-hydrogen) atoms. The Bertz CT molecular complexity index is 923. The molecule has 0 amide bonds. The third-order valence-electron chi connectivity index (χ3n) is 6.61. The highest BCUT2D eigenvalue weighted by atomic mass is 17.8. The van der Waals surface area contributed by atoms with Crippen LogP contribution in [0.4, 0.5) is 5.82 Å². The number of aromatic nitrogens is 4. The number of aliphatic hydroxyl groups is 3. The summed E-state index contributed by atoms with van der Waals surface area (Å²) in [7, 11) is 0. The van der Waals surface area contributed by atoms with E-state index in [9.17, 15) is 15.3 Å². The van der Waals surface area contributed by atoms with Gasteiger partial charge in [-0.25, -0.2) is 25.3 Å². The van der Waals surface area contributed by atoms with Crippen LogP contribution in [-0.2, 0) is 29.7 Å². The van der Waals surface area contributed by atoms with Crippen LogP contribution in [0.3, 0.4) is 0 Å². The van der Waals surface area contributed by atoms with Crippen molar-refractivity contribution >= 4 is 17.0 Å². The Balaban J connectivity index is 1.19. The van der Waals surface area contributed by atoms with E-state index in [1.807, 2.05) is 0 Å². The third kappa shape index (κ3) is 10.1. The highest BCUT2D eigenvalue weighted by molar-refractivity contribution is 5.82. The zero-order valence-electron chi connectivity index (χ0n) is 22.2. The lowest BCUT2D eigenvalue weighted by molar-refractivity contribution is -0.705. The predicted octanol–water partition coefficient (Wildman–Crippen LogP) is 2.15. The zero-order chi connectivity index (χ0) is 27.7. The van der Waals surface area contributed by atoms with Gasteiger partial charge in [-0.1, -0.05) is 69.2 Å². The van der Waals surface area contributed by atoms with E-state index < -0.39 is 31.1 Å². The van der Waals surface area contributed by atoms with Crippen molar-refractivity contribution in [3.63, 3.8) is 0 Å². The summed E-state index contributed by atoms with van der Waals surface area (Å²) in [5.74, 6) is 0.123. The van der Waals surface area contributed by atoms with Crippen LogP contribution in [0.1, 0.15) is 83.3 Å². The Morgan fingerprint density at radius 2 is 1.51 bits per heavy atom. The minimum Gasteiger partial charge on any atom is -0.394 e. The van der Waals surface area contributed by atoms with Gasteiger partial charge in [0.2, 0.25) is 0 Å². The normalized spacial score (nSPS) is 21.2. The Morgan fingerprint density at radius 1 is 0.846 bits per heavy atom. The first-order chi connectivity index (χ1) is 19.2. The number of hydrogen-bond acceptors (Lipinski definition) is 14. The van der Waals surface area contributed by atoms with E-state index in [1.165, 1.54) is 68.6 Å². The number of ether oxygens (including phenoxy) is 1.